The highest BCUT2D eigenvalue weighted by atomic mass is 35.5. The summed E-state index contributed by atoms with van der Waals surface area (Å²) in [7, 11) is 0. The zero-order valence-corrected chi connectivity index (χ0v) is 15.1. The predicted octanol–water partition coefficient (Wildman–Crippen LogP) is 3.64. The van der Waals surface area contributed by atoms with Crippen LogP contribution >= 0.6 is 11.6 Å². The van der Waals surface area contributed by atoms with E-state index in [4.69, 9.17) is 16.9 Å². The van der Waals surface area contributed by atoms with Gasteiger partial charge in [-0.2, -0.15) is 10.4 Å². The first-order chi connectivity index (χ1) is 12.6. The van der Waals surface area contributed by atoms with Crippen LogP contribution in [0.2, 0.25) is 5.02 Å². The van der Waals surface area contributed by atoms with Crippen LogP contribution in [0.15, 0.2) is 29.2 Å². The molecule has 0 amide bonds. The Hall–Kier alpha value is -2.39. The van der Waals surface area contributed by atoms with Crippen LogP contribution in [0, 0.1) is 11.3 Å². The van der Waals surface area contributed by atoms with Gasteiger partial charge in [-0.3, -0.25) is 4.79 Å². The monoisotopic (exact) mass is 369 g/mol. The highest BCUT2D eigenvalue weighted by Gasteiger charge is 2.28. The lowest BCUT2D eigenvalue weighted by Gasteiger charge is -2.30. The van der Waals surface area contributed by atoms with E-state index in [2.05, 4.69) is 15.4 Å². The first-order valence-electron chi connectivity index (χ1n) is 9.06. The molecule has 0 saturated heterocycles. The van der Waals surface area contributed by atoms with Gasteiger partial charge in [0.2, 0.25) is 0 Å². The fraction of sp³-hybridized carbons (Fsp3) is 0.474. The summed E-state index contributed by atoms with van der Waals surface area (Å²) in [5.41, 5.74) is 1.49. The molecule has 1 N–H and O–H groups in total. The molecule has 4 rings (SSSR count). The topological polar surface area (TPSA) is 83.6 Å². The second-order valence-electron chi connectivity index (χ2n) is 7.13. The average molecular weight is 370 g/mol. The number of pyridine rings is 1. The quantitative estimate of drug-likeness (QED) is 0.889. The summed E-state index contributed by atoms with van der Waals surface area (Å²) >= 11 is 6.19. The number of hydrogen-bond donors (Lipinski definition) is 1. The number of aromatic nitrogens is 3. The molecule has 0 unspecified atom stereocenters. The number of anilines is 1. The third-order valence-corrected chi connectivity index (χ3v) is 5.48. The van der Waals surface area contributed by atoms with Gasteiger partial charge in [-0.05, 0) is 50.7 Å². The highest BCUT2D eigenvalue weighted by Crippen LogP contribution is 2.39. The molecule has 0 spiro atoms. The minimum absolute atomic E-state index is 0.0115. The smallest absolute Gasteiger partial charge is 0.267 e. The summed E-state index contributed by atoms with van der Waals surface area (Å²) in [6.45, 7) is 0. The predicted molar refractivity (Wildman–Crippen MR) is 99.3 cm³/mol. The molecule has 2 aliphatic carbocycles. The lowest BCUT2D eigenvalue weighted by molar-refractivity contribution is 0.301. The van der Waals surface area contributed by atoms with Crippen molar-refractivity contribution in [1.29, 1.82) is 5.26 Å². The van der Waals surface area contributed by atoms with Gasteiger partial charge in [-0.1, -0.05) is 11.6 Å². The molecule has 134 valence electrons. The second kappa shape index (κ2) is 7.08. The Morgan fingerprint density at radius 1 is 1.19 bits per heavy atom. The third kappa shape index (κ3) is 3.58. The van der Waals surface area contributed by atoms with Crippen molar-refractivity contribution >= 4 is 17.4 Å². The highest BCUT2D eigenvalue weighted by molar-refractivity contribution is 6.33. The lowest BCUT2D eigenvalue weighted by Crippen LogP contribution is -2.33. The number of nitrogens with one attached hydrogen (secondary N) is 1. The van der Waals surface area contributed by atoms with Crippen LogP contribution in [0.1, 0.15) is 61.7 Å². The Morgan fingerprint density at radius 3 is 2.62 bits per heavy atom. The Bertz CT molecular complexity index is 907. The van der Waals surface area contributed by atoms with Crippen LogP contribution < -0.4 is 10.9 Å². The van der Waals surface area contributed by atoms with Crippen molar-refractivity contribution in [2.45, 2.75) is 56.5 Å². The van der Waals surface area contributed by atoms with Gasteiger partial charge in [-0.25, -0.2) is 9.67 Å². The summed E-state index contributed by atoms with van der Waals surface area (Å²) in [6.07, 6.45) is 7.52. The molecule has 26 heavy (non-hydrogen) atoms. The Balaban J connectivity index is 1.41. The molecule has 2 aromatic rings. The first-order valence-corrected chi connectivity index (χ1v) is 9.44. The normalized spacial score (nSPS) is 22.6. The van der Waals surface area contributed by atoms with Gasteiger partial charge in [0.25, 0.3) is 5.56 Å². The van der Waals surface area contributed by atoms with Gasteiger partial charge in [0.15, 0.2) is 0 Å². The summed E-state index contributed by atoms with van der Waals surface area (Å²) in [5, 5.41) is 17.3. The van der Waals surface area contributed by atoms with E-state index in [0.717, 1.165) is 31.4 Å². The van der Waals surface area contributed by atoms with Crippen molar-refractivity contribution in [2.75, 3.05) is 5.32 Å². The molecular weight excluding hydrogens is 350 g/mol. The maximum Gasteiger partial charge on any atom is 0.267 e. The fourth-order valence-corrected chi connectivity index (χ4v) is 3.78. The molecule has 0 aliphatic heterocycles. The van der Waals surface area contributed by atoms with E-state index in [1.165, 1.54) is 19.0 Å². The standard InChI is InChI=1S/C19H20ClN5O/c20-16-9-12(10-21)11-22-19(16)23-14-3-5-15(6-4-14)25-18(26)8-7-17(24-25)13-1-2-13/h7-9,11,13-15H,1-6H2,(H,22,23). The van der Waals surface area contributed by atoms with Crippen molar-refractivity contribution in [3.63, 3.8) is 0 Å². The SMILES string of the molecule is N#Cc1cnc(NC2CCC(n3nc(C4CC4)ccc3=O)CC2)c(Cl)c1. The molecule has 0 bridgehead atoms. The van der Waals surface area contributed by atoms with Gasteiger partial charge in [0.05, 0.1) is 22.3 Å². The Kier molecular flexibility index (Phi) is 4.64. The zero-order valence-electron chi connectivity index (χ0n) is 14.4. The summed E-state index contributed by atoms with van der Waals surface area (Å²) in [4.78, 5) is 16.5. The van der Waals surface area contributed by atoms with Gasteiger partial charge in [0.1, 0.15) is 11.9 Å². The van der Waals surface area contributed by atoms with Crippen molar-refractivity contribution in [1.82, 2.24) is 14.8 Å². The van der Waals surface area contributed by atoms with E-state index in [-0.39, 0.29) is 17.6 Å². The zero-order chi connectivity index (χ0) is 18.1. The fourth-order valence-electron chi connectivity index (χ4n) is 3.56. The lowest BCUT2D eigenvalue weighted by atomic mass is 9.91. The number of rotatable bonds is 4. The van der Waals surface area contributed by atoms with Gasteiger partial charge < -0.3 is 5.32 Å². The van der Waals surface area contributed by atoms with E-state index >= 15 is 0 Å². The van der Waals surface area contributed by atoms with Crippen LogP contribution in [0.4, 0.5) is 5.82 Å². The van der Waals surface area contributed by atoms with Crippen LogP contribution in [0.25, 0.3) is 0 Å². The van der Waals surface area contributed by atoms with Crippen LogP contribution in [-0.2, 0) is 0 Å². The molecule has 2 saturated carbocycles. The summed E-state index contributed by atoms with van der Waals surface area (Å²) < 4.78 is 1.69. The Morgan fingerprint density at radius 2 is 1.96 bits per heavy atom. The summed E-state index contributed by atoms with van der Waals surface area (Å²) in [6, 6.07) is 7.60. The second-order valence-corrected chi connectivity index (χ2v) is 7.54. The average Bonchev–Trinajstić information content (AvgIpc) is 3.50. The van der Waals surface area contributed by atoms with E-state index in [9.17, 15) is 4.79 Å². The van der Waals surface area contributed by atoms with Gasteiger partial charge >= 0.3 is 0 Å². The van der Waals surface area contributed by atoms with E-state index in [1.54, 1.807) is 16.8 Å². The minimum atomic E-state index is -0.0115. The van der Waals surface area contributed by atoms with Crippen LogP contribution in [0.3, 0.4) is 0 Å². The van der Waals surface area contributed by atoms with Crippen molar-refractivity contribution < 1.29 is 0 Å². The minimum Gasteiger partial charge on any atom is -0.366 e. The Labute approximate surface area is 156 Å². The molecule has 2 aliphatic rings. The molecule has 0 aromatic carbocycles. The number of hydrogen-bond acceptors (Lipinski definition) is 5. The van der Waals surface area contributed by atoms with E-state index < -0.39 is 0 Å². The van der Waals surface area contributed by atoms with Crippen LogP contribution in [-0.4, -0.2) is 20.8 Å². The molecule has 0 atom stereocenters. The number of nitriles is 1. The maximum absolute atomic E-state index is 12.2. The van der Waals surface area contributed by atoms with Gasteiger partial charge in [-0.15, -0.1) is 0 Å². The summed E-state index contributed by atoms with van der Waals surface area (Å²) in [5.74, 6) is 1.16. The van der Waals surface area contributed by atoms with Crippen molar-refractivity contribution in [3.8, 4) is 6.07 Å². The molecular formula is C19H20ClN5O. The molecule has 6 nitrogen and oxygen atoms in total. The molecule has 7 heteroatoms. The first kappa shape index (κ1) is 17.0. The van der Waals surface area contributed by atoms with Crippen LogP contribution in [0.5, 0.6) is 0 Å². The maximum atomic E-state index is 12.2. The van der Waals surface area contributed by atoms with Crippen molar-refractivity contribution in [2.24, 2.45) is 0 Å². The third-order valence-electron chi connectivity index (χ3n) is 5.20. The molecule has 2 fully saturated rings. The van der Waals surface area contributed by atoms with E-state index in [1.807, 2.05) is 12.1 Å². The van der Waals surface area contributed by atoms with E-state index in [0.29, 0.717) is 22.3 Å². The number of nitrogens with zero attached hydrogens (tertiary/aromatic N) is 4. The number of halogens is 1. The largest absolute Gasteiger partial charge is 0.366 e. The van der Waals surface area contributed by atoms with Crippen molar-refractivity contribution in [3.05, 3.63) is 51.0 Å². The molecule has 0 radical (unpaired) electrons. The molecule has 2 aromatic heterocycles. The van der Waals surface area contributed by atoms with Gasteiger partial charge in [0, 0.05) is 24.2 Å². The molecule has 2 heterocycles.